The molecule has 2 aromatic rings. The number of amides is 2. The van der Waals surface area contributed by atoms with Gasteiger partial charge in [0.1, 0.15) is 17.6 Å². The molecule has 110 valence electrons. The molecule has 2 aromatic heterocycles. The number of rotatable bonds is 4. The van der Waals surface area contributed by atoms with E-state index in [-0.39, 0.29) is 11.8 Å². The van der Waals surface area contributed by atoms with Crippen molar-refractivity contribution in [3.8, 4) is 0 Å². The van der Waals surface area contributed by atoms with E-state index in [1.807, 2.05) is 0 Å². The quantitative estimate of drug-likeness (QED) is 0.925. The molecule has 2 amide bonds. The van der Waals surface area contributed by atoms with Gasteiger partial charge in [0.2, 0.25) is 11.8 Å². The molecule has 1 unspecified atom stereocenters. The maximum atomic E-state index is 12.3. The predicted molar refractivity (Wildman–Crippen MR) is 72.1 cm³/mol. The minimum Gasteiger partial charge on any atom is -0.467 e. The molecule has 0 bridgehead atoms. The van der Waals surface area contributed by atoms with Crippen molar-refractivity contribution in [3.63, 3.8) is 0 Å². The molecular weight excluding hydrogens is 274 g/mol. The van der Waals surface area contributed by atoms with Crippen molar-refractivity contribution in [2.45, 2.75) is 32.4 Å². The van der Waals surface area contributed by atoms with Crippen LogP contribution in [0.5, 0.6) is 0 Å². The molecule has 1 N–H and O–H groups in total. The molecule has 7 heteroatoms. The fraction of sp³-hybridized carbons (Fsp3) is 0.357. The number of likely N-dealkylation sites (tertiary alicyclic amines) is 1. The van der Waals surface area contributed by atoms with E-state index >= 15 is 0 Å². The molecule has 3 heterocycles. The highest BCUT2D eigenvalue weighted by molar-refractivity contribution is 5.98. The Labute approximate surface area is 120 Å². The maximum absolute atomic E-state index is 12.3. The van der Waals surface area contributed by atoms with Crippen LogP contribution in [-0.4, -0.2) is 27.9 Å². The van der Waals surface area contributed by atoms with Crippen molar-refractivity contribution >= 4 is 17.6 Å². The van der Waals surface area contributed by atoms with E-state index in [1.165, 1.54) is 4.90 Å². The topological polar surface area (TPSA) is 88.6 Å². The van der Waals surface area contributed by atoms with Gasteiger partial charge in [0.25, 0.3) is 0 Å². The number of carbonyl (C=O) groups excluding carboxylic acids is 2. The third-order valence-corrected chi connectivity index (χ3v) is 3.42. The van der Waals surface area contributed by atoms with Gasteiger partial charge in [-0.05, 0) is 25.5 Å². The highest BCUT2D eigenvalue weighted by Gasteiger charge is 2.36. The van der Waals surface area contributed by atoms with Crippen molar-refractivity contribution in [1.29, 1.82) is 0 Å². The lowest BCUT2D eigenvalue weighted by Gasteiger charge is -2.22. The number of nitrogens with zero attached hydrogens (tertiary/aromatic N) is 2. The Morgan fingerprint density at radius 3 is 3.10 bits per heavy atom. The minimum absolute atomic E-state index is 0.0529. The number of carbonyl (C=O) groups is 2. The predicted octanol–water partition coefficient (Wildman–Crippen LogP) is 1.71. The molecule has 21 heavy (non-hydrogen) atoms. The van der Waals surface area contributed by atoms with Crippen LogP contribution in [0.3, 0.4) is 0 Å². The van der Waals surface area contributed by atoms with Crippen LogP contribution in [0, 0.1) is 6.92 Å². The van der Waals surface area contributed by atoms with Crippen LogP contribution in [-0.2, 0) is 16.1 Å². The lowest BCUT2D eigenvalue weighted by atomic mass is 10.2. The average Bonchev–Trinajstić information content (AvgIpc) is 3.15. The first kappa shape index (κ1) is 13.4. The van der Waals surface area contributed by atoms with Crippen LogP contribution in [0.1, 0.15) is 24.4 Å². The smallest absolute Gasteiger partial charge is 0.248 e. The van der Waals surface area contributed by atoms with E-state index in [0.29, 0.717) is 36.7 Å². The van der Waals surface area contributed by atoms with Gasteiger partial charge in [-0.2, -0.15) is 0 Å². The lowest BCUT2D eigenvalue weighted by molar-refractivity contribution is -0.134. The fourth-order valence-corrected chi connectivity index (χ4v) is 2.41. The number of hydrogen-bond acceptors (Lipinski definition) is 5. The molecule has 0 spiro atoms. The Hall–Kier alpha value is -2.57. The van der Waals surface area contributed by atoms with Crippen molar-refractivity contribution in [1.82, 2.24) is 10.1 Å². The Morgan fingerprint density at radius 2 is 2.43 bits per heavy atom. The SMILES string of the molecule is Cc1cc(NC(=O)C2CCC(=O)N2Cc2ccco2)no1. The van der Waals surface area contributed by atoms with Crippen molar-refractivity contribution in [2.75, 3.05) is 5.32 Å². The van der Waals surface area contributed by atoms with E-state index in [0.717, 1.165) is 0 Å². The van der Waals surface area contributed by atoms with Crippen molar-refractivity contribution in [2.24, 2.45) is 0 Å². The molecular formula is C14H15N3O4. The molecule has 0 aliphatic carbocycles. The third kappa shape index (κ3) is 2.81. The fourth-order valence-electron chi connectivity index (χ4n) is 2.41. The van der Waals surface area contributed by atoms with Crippen LogP contribution in [0.25, 0.3) is 0 Å². The van der Waals surface area contributed by atoms with E-state index in [9.17, 15) is 9.59 Å². The third-order valence-electron chi connectivity index (χ3n) is 3.42. The average molecular weight is 289 g/mol. The lowest BCUT2D eigenvalue weighted by Crippen LogP contribution is -2.41. The van der Waals surface area contributed by atoms with Crippen LogP contribution in [0.2, 0.25) is 0 Å². The van der Waals surface area contributed by atoms with Crippen LogP contribution < -0.4 is 5.32 Å². The molecule has 0 aromatic carbocycles. The Bertz CT molecular complexity index is 647. The monoisotopic (exact) mass is 289 g/mol. The molecule has 0 radical (unpaired) electrons. The van der Waals surface area contributed by atoms with Gasteiger partial charge in [-0.1, -0.05) is 5.16 Å². The minimum atomic E-state index is -0.514. The highest BCUT2D eigenvalue weighted by Crippen LogP contribution is 2.23. The summed E-state index contributed by atoms with van der Waals surface area (Å²) in [5.41, 5.74) is 0. The van der Waals surface area contributed by atoms with E-state index in [1.54, 1.807) is 31.4 Å². The number of furan rings is 1. The number of anilines is 1. The van der Waals surface area contributed by atoms with Crippen LogP contribution in [0.15, 0.2) is 33.4 Å². The number of aryl methyl sites for hydroxylation is 1. The summed E-state index contributed by atoms with van der Waals surface area (Å²) in [6.07, 6.45) is 2.39. The van der Waals surface area contributed by atoms with Gasteiger partial charge in [0, 0.05) is 12.5 Å². The van der Waals surface area contributed by atoms with Gasteiger partial charge < -0.3 is 19.2 Å². The molecule has 1 aliphatic heterocycles. The van der Waals surface area contributed by atoms with Gasteiger partial charge in [-0.3, -0.25) is 9.59 Å². The normalized spacial score (nSPS) is 18.2. The molecule has 1 fully saturated rings. The Morgan fingerprint density at radius 1 is 1.57 bits per heavy atom. The van der Waals surface area contributed by atoms with Crippen molar-refractivity contribution in [3.05, 3.63) is 36.0 Å². The second-order valence-corrected chi connectivity index (χ2v) is 4.97. The first-order chi connectivity index (χ1) is 10.1. The first-order valence-electron chi connectivity index (χ1n) is 6.69. The van der Waals surface area contributed by atoms with Gasteiger partial charge in [-0.15, -0.1) is 0 Å². The first-order valence-corrected chi connectivity index (χ1v) is 6.69. The van der Waals surface area contributed by atoms with Gasteiger partial charge in [0.05, 0.1) is 12.8 Å². The molecule has 1 saturated heterocycles. The van der Waals surface area contributed by atoms with Gasteiger partial charge >= 0.3 is 0 Å². The molecule has 3 rings (SSSR count). The van der Waals surface area contributed by atoms with Gasteiger partial charge in [-0.25, -0.2) is 0 Å². The standard InChI is InChI=1S/C14H15N3O4/c1-9-7-12(16-21-9)15-14(19)11-4-5-13(18)17(11)8-10-3-2-6-20-10/h2-3,6-7,11H,4-5,8H2,1H3,(H,15,16,19). The summed E-state index contributed by atoms with van der Waals surface area (Å²) in [6, 6.07) is 4.65. The van der Waals surface area contributed by atoms with E-state index in [4.69, 9.17) is 8.94 Å². The second-order valence-electron chi connectivity index (χ2n) is 4.97. The van der Waals surface area contributed by atoms with Gasteiger partial charge in [0.15, 0.2) is 5.82 Å². The summed E-state index contributed by atoms with van der Waals surface area (Å²) >= 11 is 0. The zero-order valence-electron chi connectivity index (χ0n) is 11.5. The van der Waals surface area contributed by atoms with E-state index in [2.05, 4.69) is 10.5 Å². The highest BCUT2D eigenvalue weighted by atomic mass is 16.5. The van der Waals surface area contributed by atoms with E-state index < -0.39 is 6.04 Å². The van der Waals surface area contributed by atoms with Crippen LogP contribution in [0.4, 0.5) is 5.82 Å². The maximum Gasteiger partial charge on any atom is 0.248 e. The number of hydrogen-bond donors (Lipinski definition) is 1. The zero-order chi connectivity index (χ0) is 14.8. The second kappa shape index (κ2) is 5.43. The summed E-state index contributed by atoms with van der Waals surface area (Å²) < 4.78 is 10.1. The Kier molecular flexibility index (Phi) is 3.47. The zero-order valence-corrected chi connectivity index (χ0v) is 11.5. The summed E-state index contributed by atoms with van der Waals surface area (Å²) in [4.78, 5) is 25.8. The number of nitrogens with one attached hydrogen (secondary N) is 1. The summed E-state index contributed by atoms with van der Waals surface area (Å²) in [5.74, 6) is 1.30. The summed E-state index contributed by atoms with van der Waals surface area (Å²) in [7, 11) is 0. The van der Waals surface area contributed by atoms with Crippen LogP contribution >= 0.6 is 0 Å². The molecule has 1 atom stereocenters. The molecule has 0 saturated carbocycles. The largest absolute Gasteiger partial charge is 0.467 e. The Balaban J connectivity index is 1.70. The molecule has 7 nitrogen and oxygen atoms in total. The summed E-state index contributed by atoms with van der Waals surface area (Å²) in [6.45, 7) is 2.03. The van der Waals surface area contributed by atoms with Crippen molar-refractivity contribution < 1.29 is 18.5 Å². The molecule has 1 aliphatic rings. The number of aromatic nitrogens is 1. The summed E-state index contributed by atoms with van der Waals surface area (Å²) in [5, 5.41) is 6.38.